The number of benzene rings is 3. The summed E-state index contributed by atoms with van der Waals surface area (Å²) >= 11 is 0. The molecular formula is C22H16F4O4S. The molecule has 162 valence electrons. The summed E-state index contributed by atoms with van der Waals surface area (Å²) in [6.07, 6.45) is -5.54. The van der Waals surface area contributed by atoms with Gasteiger partial charge in [0, 0.05) is 5.56 Å². The summed E-state index contributed by atoms with van der Waals surface area (Å²) in [5.74, 6) is -2.35. The number of hydrogen-bond acceptors (Lipinski definition) is 4. The summed E-state index contributed by atoms with van der Waals surface area (Å²) < 4.78 is 87.0. The molecule has 0 heterocycles. The monoisotopic (exact) mass is 452 g/mol. The first kappa shape index (κ1) is 22.5. The van der Waals surface area contributed by atoms with Gasteiger partial charge in [-0.25, -0.2) is 12.8 Å². The Morgan fingerprint density at radius 1 is 0.968 bits per heavy atom. The van der Waals surface area contributed by atoms with E-state index in [9.17, 15) is 30.8 Å². The number of sulfone groups is 1. The number of ether oxygens (including phenoxy) is 1. The lowest BCUT2D eigenvalue weighted by Gasteiger charge is -2.18. The van der Waals surface area contributed by atoms with Crippen LogP contribution in [0.1, 0.15) is 11.1 Å². The number of hydrogen-bond donors (Lipinski definition) is 0. The minimum Gasteiger partial charge on any atom is -0.469 e. The molecule has 3 rings (SSSR count). The van der Waals surface area contributed by atoms with Crippen molar-refractivity contribution in [3.05, 3.63) is 83.7 Å². The maximum atomic E-state index is 14.3. The van der Waals surface area contributed by atoms with Crippen LogP contribution in [-0.4, -0.2) is 21.5 Å². The van der Waals surface area contributed by atoms with Crippen molar-refractivity contribution in [2.45, 2.75) is 22.4 Å². The second-order valence-electron chi connectivity index (χ2n) is 6.57. The van der Waals surface area contributed by atoms with Crippen molar-refractivity contribution < 1.29 is 35.5 Å². The molecular weight excluding hydrogens is 436 g/mol. The van der Waals surface area contributed by atoms with E-state index in [1.807, 2.05) is 0 Å². The maximum Gasteiger partial charge on any atom is 0.420 e. The molecule has 0 saturated heterocycles. The Bertz CT molecular complexity index is 1220. The molecule has 0 aliphatic rings. The van der Waals surface area contributed by atoms with Gasteiger partial charge in [-0.05, 0) is 29.3 Å². The zero-order valence-electron chi connectivity index (χ0n) is 16.1. The molecule has 0 unspecified atom stereocenters. The van der Waals surface area contributed by atoms with Crippen LogP contribution in [0, 0.1) is 5.82 Å². The molecule has 4 nitrogen and oxygen atoms in total. The predicted molar refractivity (Wildman–Crippen MR) is 104 cm³/mol. The van der Waals surface area contributed by atoms with Gasteiger partial charge in [0.05, 0.1) is 23.3 Å². The molecule has 0 N–H and O–H groups in total. The van der Waals surface area contributed by atoms with Gasteiger partial charge >= 0.3 is 12.1 Å². The first-order chi connectivity index (χ1) is 14.6. The van der Waals surface area contributed by atoms with Gasteiger partial charge in [0.15, 0.2) is 0 Å². The molecule has 3 aromatic rings. The van der Waals surface area contributed by atoms with Crippen LogP contribution in [0.5, 0.6) is 0 Å². The van der Waals surface area contributed by atoms with Crippen LogP contribution in [0.25, 0.3) is 11.1 Å². The van der Waals surface area contributed by atoms with Crippen LogP contribution in [0.4, 0.5) is 17.6 Å². The molecule has 0 aromatic heterocycles. The average Bonchev–Trinajstić information content (AvgIpc) is 2.73. The van der Waals surface area contributed by atoms with Gasteiger partial charge in [0.2, 0.25) is 9.84 Å². The van der Waals surface area contributed by atoms with E-state index in [0.717, 1.165) is 25.3 Å². The normalized spacial score (nSPS) is 11.9. The largest absolute Gasteiger partial charge is 0.469 e. The summed E-state index contributed by atoms with van der Waals surface area (Å²) in [5, 5.41) is 0. The predicted octanol–water partition coefficient (Wildman–Crippen LogP) is 5.06. The molecule has 0 bridgehead atoms. The van der Waals surface area contributed by atoms with Gasteiger partial charge in [-0.2, -0.15) is 13.2 Å². The van der Waals surface area contributed by atoms with E-state index in [1.54, 1.807) is 6.07 Å². The van der Waals surface area contributed by atoms with Gasteiger partial charge in [-0.1, -0.05) is 48.5 Å². The van der Waals surface area contributed by atoms with E-state index in [2.05, 4.69) is 4.74 Å². The molecule has 0 radical (unpaired) electrons. The average molecular weight is 452 g/mol. The van der Waals surface area contributed by atoms with Crippen molar-refractivity contribution in [2.24, 2.45) is 0 Å². The van der Waals surface area contributed by atoms with Crippen LogP contribution >= 0.6 is 0 Å². The molecule has 31 heavy (non-hydrogen) atoms. The first-order valence-electron chi connectivity index (χ1n) is 8.91. The van der Waals surface area contributed by atoms with E-state index in [4.69, 9.17) is 0 Å². The Balaban J connectivity index is 2.31. The smallest absolute Gasteiger partial charge is 0.420 e. The summed E-state index contributed by atoms with van der Waals surface area (Å²) in [5.41, 5.74) is -1.75. The Kier molecular flexibility index (Phi) is 6.17. The lowest BCUT2D eigenvalue weighted by atomic mass is 10.0. The molecule has 0 fully saturated rings. The van der Waals surface area contributed by atoms with Gasteiger partial charge in [-0.15, -0.1) is 0 Å². The number of methoxy groups -OCH3 is 1. The summed E-state index contributed by atoms with van der Waals surface area (Å²) in [6.45, 7) is 0. The molecule has 0 spiro atoms. The fourth-order valence-electron chi connectivity index (χ4n) is 3.13. The van der Waals surface area contributed by atoms with Crippen LogP contribution in [0.3, 0.4) is 0 Å². The second kappa shape index (κ2) is 8.50. The summed E-state index contributed by atoms with van der Waals surface area (Å²) in [7, 11) is -3.68. The lowest BCUT2D eigenvalue weighted by molar-refractivity contribution is -0.142. The molecule has 0 amide bonds. The number of rotatable bonds is 5. The van der Waals surface area contributed by atoms with Crippen molar-refractivity contribution in [3.8, 4) is 11.1 Å². The van der Waals surface area contributed by atoms with Crippen LogP contribution in [-0.2, 0) is 32.0 Å². The standard InChI is InChI=1S/C22H16F4O4S/c1-30-19(27)13-14-6-5-9-16(12-14)31(28,29)21-17(15-7-3-2-4-8-15)10-11-18(23)20(21)22(24,25)26/h2-12H,13H2,1H3. The topological polar surface area (TPSA) is 60.4 Å². The van der Waals surface area contributed by atoms with E-state index < -0.39 is 43.2 Å². The molecule has 0 atom stereocenters. The van der Waals surface area contributed by atoms with Crippen molar-refractivity contribution in [1.82, 2.24) is 0 Å². The fraction of sp³-hybridized carbons (Fsp3) is 0.136. The molecule has 0 saturated carbocycles. The van der Waals surface area contributed by atoms with E-state index in [-0.39, 0.29) is 23.1 Å². The zero-order valence-corrected chi connectivity index (χ0v) is 16.9. The molecule has 9 heteroatoms. The van der Waals surface area contributed by atoms with Crippen molar-refractivity contribution in [3.63, 3.8) is 0 Å². The Labute approximate surface area is 176 Å². The minimum atomic E-state index is -5.26. The van der Waals surface area contributed by atoms with E-state index in [0.29, 0.717) is 6.07 Å². The highest BCUT2D eigenvalue weighted by molar-refractivity contribution is 7.91. The summed E-state index contributed by atoms with van der Waals surface area (Å²) in [4.78, 5) is 9.83. The minimum absolute atomic E-state index is 0.178. The van der Waals surface area contributed by atoms with Gasteiger partial charge < -0.3 is 4.74 Å². The summed E-state index contributed by atoms with van der Waals surface area (Å²) in [6, 6.07) is 14.0. The van der Waals surface area contributed by atoms with Crippen LogP contribution in [0.15, 0.2) is 76.5 Å². The molecule has 3 aromatic carbocycles. The Morgan fingerprint density at radius 3 is 2.26 bits per heavy atom. The second-order valence-corrected chi connectivity index (χ2v) is 8.45. The van der Waals surface area contributed by atoms with Crippen LogP contribution < -0.4 is 0 Å². The van der Waals surface area contributed by atoms with Crippen LogP contribution in [0.2, 0.25) is 0 Å². The van der Waals surface area contributed by atoms with Gasteiger partial charge in [0.1, 0.15) is 11.4 Å². The molecule has 0 aliphatic carbocycles. The SMILES string of the molecule is COC(=O)Cc1cccc(S(=O)(=O)c2c(-c3ccccc3)ccc(F)c2C(F)(F)F)c1. The maximum absolute atomic E-state index is 14.3. The number of esters is 1. The number of halogens is 4. The van der Waals surface area contributed by atoms with Gasteiger partial charge in [0.25, 0.3) is 0 Å². The van der Waals surface area contributed by atoms with E-state index >= 15 is 0 Å². The third-order valence-corrected chi connectivity index (χ3v) is 6.36. The van der Waals surface area contributed by atoms with Crippen molar-refractivity contribution in [1.29, 1.82) is 0 Å². The number of carbonyl (C=O) groups excluding carboxylic acids is 1. The number of alkyl halides is 3. The highest BCUT2D eigenvalue weighted by Crippen LogP contribution is 2.43. The molecule has 0 aliphatic heterocycles. The Hall–Kier alpha value is -3.20. The third kappa shape index (κ3) is 4.61. The van der Waals surface area contributed by atoms with Crippen molar-refractivity contribution in [2.75, 3.05) is 7.11 Å². The highest BCUT2D eigenvalue weighted by Gasteiger charge is 2.42. The third-order valence-electron chi connectivity index (χ3n) is 4.53. The lowest BCUT2D eigenvalue weighted by Crippen LogP contribution is -2.17. The fourth-order valence-corrected chi connectivity index (χ4v) is 4.88. The van der Waals surface area contributed by atoms with E-state index in [1.165, 1.54) is 36.4 Å². The van der Waals surface area contributed by atoms with Gasteiger partial charge in [-0.3, -0.25) is 4.79 Å². The quantitative estimate of drug-likeness (QED) is 0.401. The zero-order chi connectivity index (χ0) is 22.8. The highest BCUT2D eigenvalue weighted by atomic mass is 32.2. The Morgan fingerprint density at radius 2 is 1.65 bits per heavy atom. The first-order valence-corrected chi connectivity index (χ1v) is 10.4. The number of carbonyl (C=O) groups is 1. The van der Waals surface area contributed by atoms with Crippen molar-refractivity contribution >= 4 is 15.8 Å².